The van der Waals surface area contributed by atoms with E-state index in [2.05, 4.69) is 10.4 Å². The monoisotopic (exact) mass is 239 g/mol. The molecule has 0 amide bonds. The normalized spacial score (nSPS) is 10.9. The van der Waals surface area contributed by atoms with Crippen molar-refractivity contribution in [3.63, 3.8) is 0 Å². The third kappa shape index (κ3) is 2.00. The second kappa shape index (κ2) is 4.74. The van der Waals surface area contributed by atoms with Crippen LogP contribution in [0, 0.1) is 0 Å². The van der Waals surface area contributed by atoms with Crippen molar-refractivity contribution in [3.8, 4) is 5.75 Å². The number of hydrogen-bond acceptors (Lipinski definition) is 3. The van der Waals surface area contributed by atoms with E-state index in [1.165, 1.54) is 5.56 Å². The molecule has 0 saturated carbocycles. The minimum atomic E-state index is 0.668. The van der Waals surface area contributed by atoms with Gasteiger partial charge in [-0.15, -0.1) is 0 Å². The molecule has 0 spiro atoms. The second-order valence-corrected chi connectivity index (χ2v) is 3.96. The van der Waals surface area contributed by atoms with Crippen LogP contribution in [0.5, 0.6) is 5.75 Å². The molecule has 4 N–H and O–H groups in total. The van der Waals surface area contributed by atoms with E-state index in [0.717, 1.165) is 29.6 Å². The molecule has 16 heavy (non-hydrogen) atoms. The molecule has 86 valence electrons. The first-order chi connectivity index (χ1) is 7.76. The van der Waals surface area contributed by atoms with Crippen molar-refractivity contribution < 1.29 is 4.74 Å². The number of rotatable bonds is 4. The molecule has 0 atom stereocenters. The Morgan fingerprint density at radius 2 is 2.31 bits per heavy atom. The van der Waals surface area contributed by atoms with E-state index in [4.69, 9.17) is 22.2 Å². The van der Waals surface area contributed by atoms with Gasteiger partial charge in [-0.2, -0.15) is 0 Å². The number of fused-ring (bicyclic) bond motifs is 1. The standard InChI is InChI=1S/C11H14ClN3O/c1-16-8-4-9-7(2-3-15-13)6-14-11(9)10(12)5-8/h4-6,14-15H,2-3,13H2,1H3. The molecule has 4 nitrogen and oxygen atoms in total. The highest BCUT2D eigenvalue weighted by Crippen LogP contribution is 2.30. The SMILES string of the molecule is COc1cc(Cl)c2[nH]cc(CCNN)c2c1. The first kappa shape index (κ1) is 11.3. The van der Waals surface area contributed by atoms with Crippen LogP contribution in [0.25, 0.3) is 10.9 Å². The Hall–Kier alpha value is -1.23. The van der Waals surface area contributed by atoms with Crippen LogP contribution in [-0.4, -0.2) is 18.6 Å². The van der Waals surface area contributed by atoms with Crippen LogP contribution in [-0.2, 0) is 6.42 Å². The average Bonchev–Trinajstić information content (AvgIpc) is 2.70. The van der Waals surface area contributed by atoms with Crippen LogP contribution in [0.1, 0.15) is 5.56 Å². The first-order valence-electron chi connectivity index (χ1n) is 5.03. The lowest BCUT2D eigenvalue weighted by molar-refractivity contribution is 0.415. The summed E-state index contributed by atoms with van der Waals surface area (Å²) in [6.07, 6.45) is 2.80. The molecule has 5 heteroatoms. The summed E-state index contributed by atoms with van der Waals surface area (Å²) in [5.41, 5.74) is 4.75. The number of hydrogen-bond donors (Lipinski definition) is 3. The Balaban J connectivity index is 2.47. The van der Waals surface area contributed by atoms with Gasteiger partial charge in [0.2, 0.25) is 0 Å². The minimum absolute atomic E-state index is 0.668. The fourth-order valence-electron chi connectivity index (χ4n) is 1.75. The summed E-state index contributed by atoms with van der Waals surface area (Å²) in [7, 11) is 1.63. The van der Waals surface area contributed by atoms with Crippen molar-refractivity contribution in [1.29, 1.82) is 0 Å². The first-order valence-corrected chi connectivity index (χ1v) is 5.41. The summed E-state index contributed by atoms with van der Waals surface area (Å²) in [5.74, 6) is 6.03. The number of aromatic amines is 1. The number of benzene rings is 1. The summed E-state index contributed by atoms with van der Waals surface area (Å²) in [4.78, 5) is 3.16. The molecule has 0 aliphatic rings. The lowest BCUT2D eigenvalue weighted by Gasteiger charge is -2.03. The van der Waals surface area contributed by atoms with Crippen molar-refractivity contribution in [2.75, 3.05) is 13.7 Å². The van der Waals surface area contributed by atoms with Crippen LogP contribution in [0.4, 0.5) is 0 Å². The van der Waals surface area contributed by atoms with Gasteiger partial charge in [0, 0.05) is 24.2 Å². The highest BCUT2D eigenvalue weighted by atomic mass is 35.5. The van der Waals surface area contributed by atoms with Crippen molar-refractivity contribution in [2.45, 2.75) is 6.42 Å². The van der Waals surface area contributed by atoms with E-state index in [9.17, 15) is 0 Å². The molecular weight excluding hydrogens is 226 g/mol. The number of halogens is 1. The fraction of sp³-hybridized carbons (Fsp3) is 0.273. The van der Waals surface area contributed by atoms with E-state index in [-0.39, 0.29) is 0 Å². The molecule has 1 aromatic carbocycles. The molecule has 0 fully saturated rings. The molecule has 1 aromatic heterocycles. The van der Waals surface area contributed by atoms with E-state index < -0.39 is 0 Å². The minimum Gasteiger partial charge on any atom is -0.497 e. The second-order valence-electron chi connectivity index (χ2n) is 3.55. The van der Waals surface area contributed by atoms with Gasteiger partial charge in [0.1, 0.15) is 5.75 Å². The molecule has 0 bridgehead atoms. The lowest BCUT2D eigenvalue weighted by Crippen LogP contribution is -2.24. The highest BCUT2D eigenvalue weighted by molar-refractivity contribution is 6.35. The van der Waals surface area contributed by atoms with Gasteiger partial charge in [-0.25, -0.2) is 0 Å². The summed E-state index contributed by atoms with van der Waals surface area (Å²) < 4.78 is 5.19. The van der Waals surface area contributed by atoms with E-state index in [1.807, 2.05) is 12.3 Å². The van der Waals surface area contributed by atoms with Gasteiger partial charge in [0.15, 0.2) is 0 Å². The zero-order valence-corrected chi connectivity index (χ0v) is 9.77. The van der Waals surface area contributed by atoms with Crippen LogP contribution < -0.4 is 16.0 Å². The molecule has 1 heterocycles. The van der Waals surface area contributed by atoms with Gasteiger partial charge < -0.3 is 9.72 Å². The summed E-state index contributed by atoms with van der Waals surface area (Å²) in [6.45, 7) is 0.724. The zero-order valence-electron chi connectivity index (χ0n) is 9.01. The van der Waals surface area contributed by atoms with Gasteiger partial charge in [-0.3, -0.25) is 11.3 Å². The van der Waals surface area contributed by atoms with Crippen molar-refractivity contribution >= 4 is 22.5 Å². The highest BCUT2D eigenvalue weighted by Gasteiger charge is 2.08. The molecule has 2 rings (SSSR count). The summed E-state index contributed by atoms with van der Waals surface area (Å²) >= 11 is 6.14. The van der Waals surface area contributed by atoms with E-state index in [0.29, 0.717) is 5.02 Å². The van der Waals surface area contributed by atoms with Crippen LogP contribution in [0.2, 0.25) is 5.02 Å². The lowest BCUT2D eigenvalue weighted by atomic mass is 10.1. The number of nitrogens with two attached hydrogens (primary N) is 1. The van der Waals surface area contributed by atoms with Gasteiger partial charge in [-0.1, -0.05) is 11.6 Å². The molecule has 0 radical (unpaired) electrons. The molecule has 2 aromatic rings. The van der Waals surface area contributed by atoms with E-state index >= 15 is 0 Å². The van der Waals surface area contributed by atoms with Gasteiger partial charge in [-0.05, 0) is 18.1 Å². The van der Waals surface area contributed by atoms with Gasteiger partial charge in [0.25, 0.3) is 0 Å². The number of ether oxygens (including phenoxy) is 1. The molecule has 0 aliphatic heterocycles. The fourth-order valence-corrected chi connectivity index (χ4v) is 2.01. The topological polar surface area (TPSA) is 63.1 Å². The number of methoxy groups -OCH3 is 1. The Labute approximate surface area is 98.7 Å². The van der Waals surface area contributed by atoms with Gasteiger partial charge >= 0.3 is 0 Å². The number of H-pyrrole nitrogens is 1. The molecular formula is C11H14ClN3O. The van der Waals surface area contributed by atoms with Crippen LogP contribution in [0.3, 0.4) is 0 Å². The average molecular weight is 240 g/mol. The summed E-state index contributed by atoms with van der Waals surface area (Å²) in [5, 5.41) is 1.75. The summed E-state index contributed by atoms with van der Waals surface area (Å²) in [6, 6.07) is 3.77. The predicted molar refractivity (Wildman–Crippen MR) is 65.8 cm³/mol. The van der Waals surface area contributed by atoms with Gasteiger partial charge in [0.05, 0.1) is 17.6 Å². The van der Waals surface area contributed by atoms with Crippen molar-refractivity contribution in [1.82, 2.24) is 10.4 Å². The predicted octanol–water partition coefficient (Wildman–Crippen LogP) is 1.84. The third-order valence-corrected chi connectivity index (χ3v) is 2.87. The molecule has 0 aliphatic carbocycles. The maximum atomic E-state index is 6.14. The maximum absolute atomic E-state index is 6.14. The Bertz CT molecular complexity index is 495. The zero-order chi connectivity index (χ0) is 11.5. The Morgan fingerprint density at radius 1 is 1.50 bits per heavy atom. The number of hydrazine groups is 1. The smallest absolute Gasteiger partial charge is 0.121 e. The Morgan fingerprint density at radius 3 is 3.00 bits per heavy atom. The number of nitrogens with one attached hydrogen (secondary N) is 2. The quantitative estimate of drug-likeness (QED) is 0.564. The van der Waals surface area contributed by atoms with E-state index in [1.54, 1.807) is 13.2 Å². The van der Waals surface area contributed by atoms with Crippen LogP contribution in [0.15, 0.2) is 18.3 Å². The Kier molecular flexibility index (Phi) is 3.33. The van der Waals surface area contributed by atoms with Crippen molar-refractivity contribution in [3.05, 3.63) is 28.9 Å². The number of aromatic nitrogens is 1. The largest absolute Gasteiger partial charge is 0.497 e. The molecule has 0 unspecified atom stereocenters. The maximum Gasteiger partial charge on any atom is 0.121 e. The van der Waals surface area contributed by atoms with Crippen LogP contribution >= 0.6 is 11.6 Å². The van der Waals surface area contributed by atoms with Crippen molar-refractivity contribution in [2.24, 2.45) is 5.84 Å². The molecule has 0 saturated heterocycles. The third-order valence-electron chi connectivity index (χ3n) is 2.57.